The van der Waals surface area contributed by atoms with Crippen LogP contribution in [0.5, 0.6) is 0 Å². The molecule has 0 aromatic rings. The van der Waals surface area contributed by atoms with Crippen molar-refractivity contribution in [1.82, 2.24) is 0 Å². The molecule has 0 fully saturated rings. The molecule has 0 radical (unpaired) electrons. The summed E-state index contributed by atoms with van der Waals surface area (Å²) in [4.78, 5) is 0. The molecule has 33 heavy (non-hydrogen) atoms. The predicted octanol–water partition coefficient (Wildman–Crippen LogP) is 9.37. The molecular weight excluding hydrogens is 428 g/mol. The molecule has 0 aromatic carbocycles. The van der Waals surface area contributed by atoms with E-state index in [0.717, 1.165) is 12.8 Å². The molecule has 0 aliphatic rings. The highest BCUT2D eigenvalue weighted by atomic mass is 28.4. The quantitative estimate of drug-likeness (QED) is 0.0811. The average molecular weight is 489 g/mol. The van der Waals surface area contributed by atoms with Crippen molar-refractivity contribution in [3.63, 3.8) is 0 Å². The van der Waals surface area contributed by atoms with Crippen molar-refractivity contribution in [2.45, 2.75) is 156 Å². The van der Waals surface area contributed by atoms with Crippen molar-refractivity contribution < 1.29 is 17.7 Å². The van der Waals surface area contributed by atoms with E-state index < -0.39 is 9.05 Å². The van der Waals surface area contributed by atoms with Gasteiger partial charge in [0, 0.05) is 26.4 Å². The Bertz CT molecular complexity index is 334. The van der Waals surface area contributed by atoms with E-state index in [9.17, 15) is 0 Å². The number of hydrogen-bond acceptors (Lipinski definition) is 4. The minimum absolute atomic E-state index is 0.572. The summed E-state index contributed by atoms with van der Waals surface area (Å²) in [6, 6.07) is 0. The van der Waals surface area contributed by atoms with Crippen LogP contribution in [0.15, 0.2) is 0 Å². The summed E-state index contributed by atoms with van der Waals surface area (Å²) in [6.45, 7) is 11.1. The van der Waals surface area contributed by atoms with Gasteiger partial charge in [-0.25, -0.2) is 0 Å². The van der Waals surface area contributed by atoms with E-state index in [-0.39, 0.29) is 0 Å². The molecule has 0 aliphatic heterocycles. The first-order valence-electron chi connectivity index (χ1n) is 14.8. The van der Waals surface area contributed by atoms with Crippen LogP contribution in [0, 0.1) is 0 Å². The van der Waals surface area contributed by atoms with Crippen molar-refractivity contribution in [3.8, 4) is 0 Å². The van der Waals surface area contributed by atoms with Crippen LogP contribution in [0.1, 0.15) is 156 Å². The Morgan fingerprint density at radius 1 is 0.333 bits per heavy atom. The third-order valence-corrected chi connectivity index (χ3v) is 8.60. The van der Waals surface area contributed by atoms with Gasteiger partial charge >= 0.3 is 9.05 Å². The van der Waals surface area contributed by atoms with Gasteiger partial charge in [-0.3, -0.25) is 0 Å². The number of rotatable bonds is 28. The van der Waals surface area contributed by atoms with Gasteiger partial charge in [-0.1, -0.05) is 129 Å². The highest BCUT2D eigenvalue weighted by molar-refractivity contribution is 6.53. The number of hydrogen-bond donors (Lipinski definition) is 0. The molecule has 5 heteroatoms. The van der Waals surface area contributed by atoms with Crippen LogP contribution < -0.4 is 0 Å². The Morgan fingerprint density at radius 3 is 0.879 bits per heavy atom. The molecule has 0 saturated carbocycles. The Morgan fingerprint density at radius 2 is 0.606 bits per heavy atom. The molecule has 0 heterocycles. The van der Waals surface area contributed by atoms with Gasteiger partial charge in [-0.05, 0) is 26.7 Å². The summed E-state index contributed by atoms with van der Waals surface area (Å²) in [5, 5.41) is 0. The molecule has 0 aliphatic carbocycles. The fraction of sp³-hybridized carbons (Fsp3) is 1.00. The molecule has 0 rings (SSSR count). The summed E-state index contributed by atoms with van der Waals surface area (Å²) in [5.74, 6) is 0. The second-order valence-electron chi connectivity index (χ2n) is 9.43. The maximum absolute atomic E-state index is 6.15. The molecule has 200 valence electrons. The molecule has 0 spiro atoms. The van der Waals surface area contributed by atoms with Crippen molar-refractivity contribution in [2.75, 3.05) is 26.4 Å². The lowest BCUT2D eigenvalue weighted by Crippen LogP contribution is -2.49. The Labute approximate surface area is 209 Å². The van der Waals surface area contributed by atoms with E-state index in [1.807, 2.05) is 13.8 Å². The summed E-state index contributed by atoms with van der Waals surface area (Å²) < 4.78 is 24.1. The smallest absolute Gasteiger partial charge is 0.351 e. The van der Waals surface area contributed by atoms with Crippen LogP contribution >= 0.6 is 0 Å². The lowest BCUT2D eigenvalue weighted by Gasteiger charge is -2.27. The molecular formula is C28H60O4Si. The predicted molar refractivity (Wildman–Crippen MR) is 145 cm³/mol. The second-order valence-corrected chi connectivity index (χ2v) is 11.6. The highest BCUT2D eigenvalue weighted by Crippen LogP contribution is 2.16. The van der Waals surface area contributed by atoms with Gasteiger partial charge < -0.3 is 17.7 Å². The lowest BCUT2D eigenvalue weighted by molar-refractivity contribution is -0.0313. The topological polar surface area (TPSA) is 36.9 Å². The largest absolute Gasteiger partial charge is 0.679 e. The van der Waals surface area contributed by atoms with Gasteiger partial charge in [0.15, 0.2) is 0 Å². The number of unbranched alkanes of at least 4 members (excludes halogenated alkanes) is 18. The van der Waals surface area contributed by atoms with Crippen LogP contribution in [0.4, 0.5) is 0 Å². The maximum atomic E-state index is 6.15. The second kappa shape index (κ2) is 26.7. The summed E-state index contributed by atoms with van der Waals surface area (Å²) in [7, 11) is -2.98. The van der Waals surface area contributed by atoms with Gasteiger partial charge in [0.25, 0.3) is 0 Å². The van der Waals surface area contributed by atoms with Gasteiger partial charge in [-0.2, -0.15) is 0 Å². The lowest BCUT2D eigenvalue weighted by atomic mass is 10.1. The van der Waals surface area contributed by atoms with Crippen molar-refractivity contribution >= 4 is 9.05 Å². The molecule has 0 unspecified atom stereocenters. The first-order chi connectivity index (χ1) is 16.2. The minimum atomic E-state index is -2.98. The molecule has 0 amide bonds. The highest BCUT2D eigenvalue weighted by Gasteiger charge is 2.44. The van der Waals surface area contributed by atoms with Crippen molar-refractivity contribution in [2.24, 2.45) is 0 Å². The molecule has 0 atom stereocenters. The minimum Gasteiger partial charge on any atom is -0.351 e. The van der Waals surface area contributed by atoms with Crippen LogP contribution in [0.3, 0.4) is 0 Å². The molecule has 0 N–H and O–H groups in total. The van der Waals surface area contributed by atoms with E-state index >= 15 is 0 Å². The summed E-state index contributed by atoms with van der Waals surface area (Å²) in [6.07, 6.45) is 26.5. The molecule has 0 aromatic heterocycles. The molecule has 4 nitrogen and oxygen atoms in total. The zero-order valence-electron chi connectivity index (χ0n) is 23.1. The van der Waals surface area contributed by atoms with Gasteiger partial charge in [0.05, 0.1) is 0 Å². The normalized spacial score (nSPS) is 12.0. The summed E-state index contributed by atoms with van der Waals surface area (Å²) >= 11 is 0. The zero-order chi connectivity index (χ0) is 24.3. The average Bonchev–Trinajstić information content (AvgIpc) is 2.81. The van der Waals surface area contributed by atoms with Crippen molar-refractivity contribution in [3.05, 3.63) is 0 Å². The maximum Gasteiger partial charge on any atom is 0.679 e. The van der Waals surface area contributed by atoms with Crippen LogP contribution in [-0.2, 0) is 17.7 Å². The van der Waals surface area contributed by atoms with E-state index in [2.05, 4.69) is 13.8 Å². The fourth-order valence-corrected chi connectivity index (χ4v) is 6.17. The van der Waals surface area contributed by atoms with Gasteiger partial charge in [-0.15, -0.1) is 0 Å². The van der Waals surface area contributed by atoms with E-state index in [4.69, 9.17) is 17.7 Å². The monoisotopic (exact) mass is 488 g/mol. The van der Waals surface area contributed by atoms with E-state index in [0.29, 0.717) is 26.4 Å². The van der Waals surface area contributed by atoms with Gasteiger partial charge in [0.1, 0.15) is 0 Å². The molecule has 0 saturated heterocycles. The van der Waals surface area contributed by atoms with E-state index in [1.54, 1.807) is 0 Å². The zero-order valence-corrected chi connectivity index (χ0v) is 24.1. The summed E-state index contributed by atoms with van der Waals surface area (Å²) in [5.41, 5.74) is 0. The first-order valence-corrected chi connectivity index (χ1v) is 16.4. The standard InChI is InChI=1S/C28H60O4Si/c1-5-9-11-13-15-17-19-21-23-25-27-31-33(29-7-3,30-8-4)32-28-26-24-22-20-18-16-14-12-10-6-2/h5-28H2,1-4H3. The van der Waals surface area contributed by atoms with Crippen LogP contribution in [0.2, 0.25) is 0 Å². The SMILES string of the molecule is CCCCCCCCCCCCO[Si](OCC)(OCC)OCCCCCCCCCCCC. The van der Waals surface area contributed by atoms with Crippen LogP contribution in [-0.4, -0.2) is 35.5 Å². The third-order valence-electron chi connectivity index (χ3n) is 6.20. The fourth-order valence-electron chi connectivity index (χ4n) is 4.18. The first kappa shape index (κ1) is 33.1. The third kappa shape index (κ3) is 22.3. The van der Waals surface area contributed by atoms with Crippen molar-refractivity contribution in [1.29, 1.82) is 0 Å². The molecule has 0 bridgehead atoms. The Hall–Kier alpha value is 0.0569. The van der Waals surface area contributed by atoms with Gasteiger partial charge in [0.2, 0.25) is 0 Å². The Kier molecular flexibility index (Phi) is 26.7. The van der Waals surface area contributed by atoms with E-state index in [1.165, 1.54) is 116 Å². The van der Waals surface area contributed by atoms with Crippen LogP contribution in [0.25, 0.3) is 0 Å². The Balaban J connectivity index is 3.88.